The Labute approximate surface area is 119 Å². The Hall–Kier alpha value is -1.95. The Balaban J connectivity index is 2.17. The number of methoxy groups -OCH3 is 2. The fourth-order valence-corrected chi connectivity index (χ4v) is 2.23. The van der Waals surface area contributed by atoms with E-state index in [1.807, 2.05) is 19.2 Å². The third kappa shape index (κ3) is 2.96. The van der Waals surface area contributed by atoms with Crippen LogP contribution < -0.4 is 20.2 Å². The molecule has 0 unspecified atom stereocenters. The molecule has 110 valence electrons. The summed E-state index contributed by atoms with van der Waals surface area (Å²) in [5.74, 6) is 1.37. The molecule has 0 atom stereocenters. The Bertz CT molecular complexity index is 491. The fourth-order valence-electron chi connectivity index (χ4n) is 2.23. The van der Waals surface area contributed by atoms with Crippen LogP contribution in [0.4, 0.5) is 5.69 Å². The third-order valence-corrected chi connectivity index (χ3v) is 3.32. The van der Waals surface area contributed by atoms with Crippen LogP contribution in [0.3, 0.4) is 0 Å². The van der Waals surface area contributed by atoms with E-state index in [0.717, 1.165) is 24.2 Å². The molecule has 6 nitrogen and oxygen atoms in total. The van der Waals surface area contributed by atoms with Gasteiger partial charge in [-0.25, -0.2) is 0 Å². The van der Waals surface area contributed by atoms with E-state index < -0.39 is 0 Å². The van der Waals surface area contributed by atoms with Crippen LogP contribution in [0.15, 0.2) is 12.1 Å². The molecule has 0 fully saturated rings. The van der Waals surface area contributed by atoms with Crippen molar-refractivity contribution in [2.45, 2.75) is 12.8 Å². The van der Waals surface area contributed by atoms with Gasteiger partial charge in [-0.15, -0.1) is 0 Å². The molecule has 0 saturated carbocycles. The lowest BCUT2D eigenvalue weighted by atomic mass is 10.1. The second-order valence-corrected chi connectivity index (χ2v) is 4.66. The first-order valence-corrected chi connectivity index (χ1v) is 6.66. The molecule has 0 spiro atoms. The minimum atomic E-state index is 0.0702. The molecule has 20 heavy (non-hydrogen) atoms. The van der Waals surface area contributed by atoms with Crippen molar-refractivity contribution in [2.24, 2.45) is 0 Å². The van der Waals surface area contributed by atoms with Crippen LogP contribution in [0.5, 0.6) is 11.5 Å². The number of carbonyl (C=O) groups excluding carboxylic acids is 1. The number of amides is 1. The van der Waals surface area contributed by atoms with E-state index in [0.29, 0.717) is 24.5 Å². The molecule has 0 bridgehead atoms. The van der Waals surface area contributed by atoms with E-state index in [4.69, 9.17) is 9.47 Å². The van der Waals surface area contributed by atoms with Crippen LogP contribution in [-0.4, -0.2) is 45.3 Å². The quantitative estimate of drug-likeness (QED) is 0.761. The van der Waals surface area contributed by atoms with Crippen molar-refractivity contribution in [2.75, 3.05) is 39.8 Å². The van der Waals surface area contributed by atoms with E-state index >= 15 is 0 Å². The molecule has 1 aliphatic rings. The number of hydrazine groups is 1. The molecule has 1 aliphatic heterocycles. The van der Waals surface area contributed by atoms with Gasteiger partial charge in [-0.3, -0.25) is 15.2 Å². The number of carbonyl (C=O) groups is 1. The monoisotopic (exact) mass is 279 g/mol. The molecule has 1 aromatic carbocycles. The minimum Gasteiger partial charge on any atom is -0.493 e. The Kier molecular flexibility index (Phi) is 4.68. The first-order chi connectivity index (χ1) is 9.69. The number of hydrogen-bond acceptors (Lipinski definition) is 5. The number of hydrogen-bond donors (Lipinski definition) is 2. The summed E-state index contributed by atoms with van der Waals surface area (Å²) in [6, 6.07) is 3.72. The summed E-state index contributed by atoms with van der Waals surface area (Å²) in [6.45, 7) is 1.55. The second-order valence-electron chi connectivity index (χ2n) is 4.66. The van der Waals surface area contributed by atoms with Crippen LogP contribution >= 0.6 is 0 Å². The molecule has 0 radical (unpaired) electrons. The summed E-state index contributed by atoms with van der Waals surface area (Å²) in [7, 11) is 5.09. The maximum absolute atomic E-state index is 12.1. The third-order valence-electron chi connectivity index (χ3n) is 3.32. The smallest absolute Gasteiger partial charge is 0.245 e. The zero-order valence-corrected chi connectivity index (χ0v) is 12.2. The van der Waals surface area contributed by atoms with Crippen LogP contribution in [0.2, 0.25) is 0 Å². The number of nitrogens with one attached hydrogen (secondary N) is 2. The van der Waals surface area contributed by atoms with Crippen molar-refractivity contribution < 1.29 is 14.3 Å². The maximum atomic E-state index is 12.1. The van der Waals surface area contributed by atoms with E-state index in [9.17, 15) is 4.79 Å². The number of rotatable bonds is 6. The van der Waals surface area contributed by atoms with Gasteiger partial charge in [0.2, 0.25) is 5.91 Å². The van der Waals surface area contributed by atoms with E-state index in [1.165, 1.54) is 0 Å². The van der Waals surface area contributed by atoms with Gasteiger partial charge in [-0.05, 0) is 31.6 Å². The highest BCUT2D eigenvalue weighted by molar-refractivity contribution is 5.85. The van der Waals surface area contributed by atoms with E-state index in [2.05, 4.69) is 10.7 Å². The second kappa shape index (κ2) is 6.47. The van der Waals surface area contributed by atoms with Gasteiger partial charge in [0.25, 0.3) is 0 Å². The molecule has 6 heteroatoms. The largest absolute Gasteiger partial charge is 0.493 e. The lowest BCUT2D eigenvalue weighted by molar-refractivity contribution is -0.129. The van der Waals surface area contributed by atoms with Gasteiger partial charge in [0, 0.05) is 12.6 Å². The highest BCUT2D eigenvalue weighted by atomic mass is 16.5. The molecule has 2 rings (SSSR count). The predicted octanol–water partition coefficient (Wildman–Crippen LogP) is 1.02. The molecule has 1 heterocycles. The van der Waals surface area contributed by atoms with Crippen molar-refractivity contribution in [3.63, 3.8) is 0 Å². The summed E-state index contributed by atoms with van der Waals surface area (Å²) in [6.07, 6.45) is 1.28. The maximum Gasteiger partial charge on any atom is 0.245 e. The lowest BCUT2D eigenvalue weighted by Crippen LogP contribution is -2.42. The first-order valence-electron chi connectivity index (χ1n) is 6.66. The molecule has 0 aromatic heterocycles. The van der Waals surface area contributed by atoms with Gasteiger partial charge in [0.05, 0.1) is 26.3 Å². The van der Waals surface area contributed by atoms with Crippen LogP contribution in [0.1, 0.15) is 12.0 Å². The van der Waals surface area contributed by atoms with Crippen LogP contribution in [-0.2, 0) is 11.2 Å². The zero-order valence-electron chi connectivity index (χ0n) is 12.2. The van der Waals surface area contributed by atoms with Gasteiger partial charge in [0.1, 0.15) is 0 Å². The summed E-state index contributed by atoms with van der Waals surface area (Å²) in [4.78, 5) is 12.1. The Morgan fingerprint density at radius 1 is 1.30 bits per heavy atom. The molecule has 0 saturated heterocycles. The average Bonchev–Trinajstić information content (AvgIpc) is 2.46. The van der Waals surface area contributed by atoms with Crippen molar-refractivity contribution in [3.8, 4) is 11.5 Å². The summed E-state index contributed by atoms with van der Waals surface area (Å²) in [5, 5.41) is 4.73. The predicted molar refractivity (Wildman–Crippen MR) is 77.1 cm³/mol. The first kappa shape index (κ1) is 14.5. The van der Waals surface area contributed by atoms with Gasteiger partial charge in [0.15, 0.2) is 11.5 Å². The molecule has 2 N–H and O–H groups in total. The normalized spacial score (nSPS) is 13.8. The molecule has 0 aliphatic carbocycles. The summed E-state index contributed by atoms with van der Waals surface area (Å²) >= 11 is 0. The number of ether oxygens (including phenoxy) is 2. The Morgan fingerprint density at radius 3 is 2.65 bits per heavy atom. The van der Waals surface area contributed by atoms with Crippen molar-refractivity contribution >= 4 is 11.6 Å². The topological polar surface area (TPSA) is 62.8 Å². The highest BCUT2D eigenvalue weighted by Gasteiger charge is 2.24. The number of nitrogens with zero attached hydrogens (tertiary/aromatic N) is 1. The molecular weight excluding hydrogens is 258 g/mol. The number of benzene rings is 1. The van der Waals surface area contributed by atoms with Gasteiger partial charge >= 0.3 is 0 Å². The SMILES string of the molecule is CNCCCN1Nc2cc(OC)c(OC)cc2CC1=O. The van der Waals surface area contributed by atoms with Gasteiger partial charge < -0.3 is 14.8 Å². The summed E-state index contributed by atoms with van der Waals surface area (Å²) in [5.41, 5.74) is 4.98. The summed E-state index contributed by atoms with van der Waals surface area (Å²) < 4.78 is 10.5. The standard InChI is InChI=1S/C14H21N3O3/c1-15-5-4-6-17-14(18)8-10-7-12(19-2)13(20-3)9-11(10)16-17/h7,9,15-16H,4-6,8H2,1-3H3. The van der Waals surface area contributed by atoms with Crippen molar-refractivity contribution in [3.05, 3.63) is 17.7 Å². The van der Waals surface area contributed by atoms with Crippen LogP contribution in [0.25, 0.3) is 0 Å². The van der Waals surface area contributed by atoms with Crippen molar-refractivity contribution in [1.29, 1.82) is 0 Å². The Morgan fingerprint density at radius 2 is 2.00 bits per heavy atom. The molecule has 1 aromatic rings. The molecule has 1 amide bonds. The van der Waals surface area contributed by atoms with Gasteiger partial charge in [-0.1, -0.05) is 0 Å². The zero-order chi connectivity index (χ0) is 14.5. The number of fused-ring (bicyclic) bond motifs is 1. The average molecular weight is 279 g/mol. The lowest BCUT2D eigenvalue weighted by Gasteiger charge is -2.31. The van der Waals surface area contributed by atoms with Crippen molar-refractivity contribution in [1.82, 2.24) is 10.3 Å². The molecular formula is C14H21N3O3. The number of anilines is 1. The van der Waals surface area contributed by atoms with Gasteiger partial charge in [-0.2, -0.15) is 0 Å². The fraction of sp³-hybridized carbons (Fsp3) is 0.500. The highest BCUT2D eigenvalue weighted by Crippen LogP contribution is 2.35. The van der Waals surface area contributed by atoms with E-state index in [-0.39, 0.29) is 5.91 Å². The van der Waals surface area contributed by atoms with Crippen LogP contribution in [0, 0.1) is 0 Å². The van der Waals surface area contributed by atoms with E-state index in [1.54, 1.807) is 19.2 Å². The minimum absolute atomic E-state index is 0.0702.